The van der Waals surface area contributed by atoms with Crippen molar-refractivity contribution in [3.8, 4) is 11.1 Å². The molecule has 1 amide bonds. The molecule has 0 radical (unpaired) electrons. The molecule has 2 fully saturated rings. The van der Waals surface area contributed by atoms with Gasteiger partial charge < -0.3 is 19.9 Å². The number of methoxy groups -OCH3 is 1. The molecule has 168 valence electrons. The molecule has 0 unspecified atom stereocenters. The van der Waals surface area contributed by atoms with Crippen LogP contribution in [0.2, 0.25) is 0 Å². The van der Waals surface area contributed by atoms with Crippen LogP contribution < -0.4 is 5.32 Å². The molecule has 0 spiro atoms. The summed E-state index contributed by atoms with van der Waals surface area (Å²) in [5.41, 5.74) is 2.73. The van der Waals surface area contributed by atoms with E-state index in [4.69, 9.17) is 9.47 Å². The van der Waals surface area contributed by atoms with Crippen molar-refractivity contribution < 1.29 is 19.4 Å². The Hall–Kier alpha value is -2.46. The normalized spacial score (nSPS) is 25.1. The van der Waals surface area contributed by atoms with Crippen molar-refractivity contribution in [1.29, 1.82) is 0 Å². The molecule has 32 heavy (non-hydrogen) atoms. The lowest BCUT2D eigenvalue weighted by Gasteiger charge is -2.32. The highest BCUT2D eigenvalue weighted by Gasteiger charge is 2.34. The largest absolute Gasteiger partial charge is 0.390 e. The first-order valence-electron chi connectivity index (χ1n) is 10.9. The first-order chi connectivity index (χ1) is 15.6. The van der Waals surface area contributed by atoms with Gasteiger partial charge in [0.15, 0.2) is 11.0 Å². The van der Waals surface area contributed by atoms with Crippen LogP contribution in [-0.4, -0.2) is 51.4 Å². The van der Waals surface area contributed by atoms with E-state index in [-0.39, 0.29) is 30.1 Å². The Bertz CT molecular complexity index is 1100. The van der Waals surface area contributed by atoms with Crippen molar-refractivity contribution >= 4 is 32.6 Å². The van der Waals surface area contributed by atoms with E-state index in [1.165, 1.54) is 11.3 Å². The summed E-state index contributed by atoms with van der Waals surface area (Å²) in [4.78, 5) is 25.7. The number of hydrogen-bond donors (Lipinski definition) is 2. The summed E-state index contributed by atoms with van der Waals surface area (Å²) in [5.74, 6) is 0.608. The molecule has 1 aromatic carbocycles. The SMILES string of the molecule is CO[C@H]1C[C@@H](C(=O)Nc2nc3ccc(-c4cnc(CO[C@H]5CCC[C@@H]5O)nc4)cc3s2)C1. The van der Waals surface area contributed by atoms with Crippen molar-refractivity contribution in [2.75, 3.05) is 12.4 Å². The quantitative estimate of drug-likeness (QED) is 0.562. The molecule has 2 heterocycles. The fraction of sp³-hybridized carbons (Fsp3) is 0.478. The topological polar surface area (TPSA) is 106 Å². The summed E-state index contributed by atoms with van der Waals surface area (Å²) in [7, 11) is 1.68. The molecule has 3 aromatic rings. The van der Waals surface area contributed by atoms with Gasteiger partial charge in [-0.25, -0.2) is 15.0 Å². The number of nitrogens with zero attached hydrogens (tertiary/aromatic N) is 3. The number of hydrogen-bond acceptors (Lipinski definition) is 8. The average Bonchev–Trinajstić information content (AvgIpc) is 3.36. The Kier molecular flexibility index (Phi) is 6.14. The van der Waals surface area contributed by atoms with Crippen molar-refractivity contribution in [2.45, 2.75) is 57.0 Å². The zero-order valence-electron chi connectivity index (χ0n) is 17.9. The van der Waals surface area contributed by atoms with Gasteiger partial charge in [0.25, 0.3) is 0 Å². The van der Waals surface area contributed by atoms with Gasteiger partial charge in [0, 0.05) is 31.0 Å². The van der Waals surface area contributed by atoms with Crippen LogP contribution in [0.15, 0.2) is 30.6 Å². The van der Waals surface area contributed by atoms with Gasteiger partial charge in [0.05, 0.1) is 28.5 Å². The molecule has 0 saturated heterocycles. The van der Waals surface area contributed by atoms with Gasteiger partial charge in [-0.05, 0) is 49.8 Å². The molecule has 2 atom stereocenters. The van der Waals surface area contributed by atoms with Gasteiger partial charge in [0.2, 0.25) is 5.91 Å². The van der Waals surface area contributed by atoms with E-state index in [0.29, 0.717) is 17.6 Å². The molecule has 9 heteroatoms. The summed E-state index contributed by atoms with van der Waals surface area (Å²) in [5, 5.41) is 13.4. The summed E-state index contributed by atoms with van der Waals surface area (Å²) < 4.78 is 12.0. The van der Waals surface area contributed by atoms with Crippen LogP contribution >= 0.6 is 11.3 Å². The Morgan fingerprint density at radius 3 is 2.75 bits per heavy atom. The third-order valence-electron chi connectivity index (χ3n) is 6.30. The predicted octanol–water partition coefficient (Wildman–Crippen LogP) is 3.55. The second kappa shape index (κ2) is 9.19. The number of rotatable bonds is 7. The second-order valence-electron chi connectivity index (χ2n) is 8.45. The highest BCUT2D eigenvalue weighted by Crippen LogP contribution is 2.33. The molecule has 0 aliphatic heterocycles. The number of nitrogens with one attached hydrogen (secondary N) is 1. The molecule has 2 aliphatic rings. The van der Waals surface area contributed by atoms with Gasteiger partial charge >= 0.3 is 0 Å². The molecule has 2 aliphatic carbocycles. The molecule has 2 N–H and O–H groups in total. The summed E-state index contributed by atoms with van der Waals surface area (Å²) >= 11 is 1.46. The zero-order valence-corrected chi connectivity index (χ0v) is 18.7. The second-order valence-corrected chi connectivity index (χ2v) is 9.48. The number of anilines is 1. The van der Waals surface area contributed by atoms with Crippen LogP contribution in [0, 0.1) is 5.92 Å². The van der Waals surface area contributed by atoms with E-state index in [1.807, 2.05) is 18.2 Å². The summed E-state index contributed by atoms with van der Waals surface area (Å²) in [6.07, 6.45) is 7.45. The standard InChI is InChI=1S/C23H26N4O4S/c1-30-16-7-14(8-16)22(29)27-23-26-17-6-5-13(9-20(17)32-23)15-10-24-21(25-11-15)12-31-19-4-2-3-18(19)28/h5-6,9-11,14,16,18-19,28H,2-4,7-8,12H2,1H3,(H,26,27,29)/t14-,16+,18-,19-/m0/s1. The molecule has 2 aromatic heterocycles. The molecule has 0 bridgehead atoms. The molecule has 5 rings (SSSR count). The minimum absolute atomic E-state index is 0.000835. The van der Waals surface area contributed by atoms with E-state index >= 15 is 0 Å². The third-order valence-corrected chi connectivity index (χ3v) is 7.23. The number of fused-ring (bicyclic) bond motifs is 1. The fourth-order valence-corrected chi connectivity index (χ4v) is 5.11. The number of carbonyl (C=O) groups excluding carboxylic acids is 1. The highest BCUT2D eigenvalue weighted by atomic mass is 32.1. The third kappa shape index (κ3) is 4.52. The number of aliphatic hydroxyl groups excluding tert-OH is 1. The van der Waals surface area contributed by atoms with Crippen LogP contribution in [0.25, 0.3) is 21.3 Å². The average molecular weight is 455 g/mol. The number of carbonyl (C=O) groups is 1. The Morgan fingerprint density at radius 1 is 1.22 bits per heavy atom. The van der Waals surface area contributed by atoms with Crippen LogP contribution in [0.4, 0.5) is 5.13 Å². The number of aliphatic hydroxyl groups is 1. The minimum atomic E-state index is -0.383. The van der Waals surface area contributed by atoms with Gasteiger partial charge in [-0.15, -0.1) is 0 Å². The molecular formula is C23H26N4O4S. The summed E-state index contributed by atoms with van der Waals surface area (Å²) in [6, 6.07) is 5.96. The first kappa shape index (κ1) is 21.4. The van der Waals surface area contributed by atoms with Crippen molar-refractivity contribution in [2.24, 2.45) is 5.92 Å². The highest BCUT2D eigenvalue weighted by molar-refractivity contribution is 7.22. The minimum Gasteiger partial charge on any atom is -0.390 e. The van der Waals surface area contributed by atoms with Gasteiger partial charge in [-0.1, -0.05) is 17.4 Å². The lowest BCUT2D eigenvalue weighted by Crippen LogP contribution is -2.38. The lowest BCUT2D eigenvalue weighted by molar-refractivity contribution is -0.127. The molecular weight excluding hydrogens is 428 g/mol. The maximum Gasteiger partial charge on any atom is 0.229 e. The van der Waals surface area contributed by atoms with E-state index in [9.17, 15) is 9.90 Å². The summed E-state index contributed by atoms with van der Waals surface area (Å²) in [6.45, 7) is 0.297. The smallest absolute Gasteiger partial charge is 0.229 e. The fourth-order valence-electron chi connectivity index (χ4n) is 4.20. The van der Waals surface area contributed by atoms with E-state index in [2.05, 4.69) is 20.3 Å². The Balaban J connectivity index is 1.23. The number of amides is 1. The Morgan fingerprint density at radius 2 is 2.03 bits per heavy atom. The lowest BCUT2D eigenvalue weighted by atomic mass is 9.82. The van der Waals surface area contributed by atoms with Crippen LogP contribution in [-0.2, 0) is 20.9 Å². The number of ether oxygens (including phenoxy) is 2. The maximum absolute atomic E-state index is 12.4. The van der Waals surface area contributed by atoms with Crippen LogP contribution in [0.1, 0.15) is 37.9 Å². The van der Waals surface area contributed by atoms with E-state index < -0.39 is 0 Å². The number of benzene rings is 1. The predicted molar refractivity (Wildman–Crippen MR) is 121 cm³/mol. The van der Waals surface area contributed by atoms with Gasteiger partial charge in [0.1, 0.15) is 6.61 Å². The molecule has 2 saturated carbocycles. The Labute approximate surface area is 190 Å². The van der Waals surface area contributed by atoms with E-state index in [1.54, 1.807) is 19.5 Å². The number of aromatic nitrogens is 3. The maximum atomic E-state index is 12.4. The number of thiazole rings is 1. The monoisotopic (exact) mass is 454 g/mol. The van der Waals surface area contributed by atoms with E-state index in [0.717, 1.165) is 53.4 Å². The van der Waals surface area contributed by atoms with Crippen LogP contribution in [0.5, 0.6) is 0 Å². The van der Waals surface area contributed by atoms with Gasteiger partial charge in [-0.3, -0.25) is 4.79 Å². The molecule has 8 nitrogen and oxygen atoms in total. The van der Waals surface area contributed by atoms with Crippen molar-refractivity contribution in [3.63, 3.8) is 0 Å². The first-order valence-corrected chi connectivity index (χ1v) is 11.8. The van der Waals surface area contributed by atoms with Crippen LogP contribution in [0.3, 0.4) is 0 Å². The van der Waals surface area contributed by atoms with Crippen molar-refractivity contribution in [1.82, 2.24) is 15.0 Å². The van der Waals surface area contributed by atoms with Gasteiger partial charge in [-0.2, -0.15) is 0 Å². The van der Waals surface area contributed by atoms with Crippen molar-refractivity contribution in [3.05, 3.63) is 36.4 Å². The zero-order chi connectivity index (χ0) is 22.1.